The third-order valence-corrected chi connectivity index (χ3v) is 5.52. The molecule has 9 nitrogen and oxygen atoms in total. The Morgan fingerprint density at radius 3 is 2.56 bits per heavy atom. The van der Waals surface area contributed by atoms with Crippen LogP contribution in [0.5, 0.6) is 11.5 Å². The van der Waals surface area contributed by atoms with Crippen LogP contribution >= 0.6 is 11.8 Å². The molecule has 0 radical (unpaired) electrons. The van der Waals surface area contributed by atoms with Crippen molar-refractivity contribution in [1.82, 2.24) is 4.90 Å². The molecule has 3 rings (SSSR count). The second-order valence-corrected chi connectivity index (χ2v) is 7.74. The third kappa shape index (κ3) is 5.09. The maximum absolute atomic E-state index is 12.7. The maximum Gasteiger partial charge on any atom is 0.344 e. The van der Waals surface area contributed by atoms with Gasteiger partial charge in [-0.05, 0) is 60.7 Å². The SMILES string of the molecule is COc1cc(/C=C2\SC(=Nc3cccc(C(=O)O)c3)N(C)C2=O)ccc1O[C@@H](C)C(=O)O. The molecule has 1 heterocycles. The van der Waals surface area contributed by atoms with E-state index in [4.69, 9.17) is 19.7 Å². The molecule has 1 atom stereocenters. The van der Waals surface area contributed by atoms with Gasteiger partial charge >= 0.3 is 11.9 Å². The van der Waals surface area contributed by atoms with Crippen molar-refractivity contribution >= 4 is 46.5 Å². The van der Waals surface area contributed by atoms with E-state index in [0.717, 1.165) is 11.8 Å². The Hall–Kier alpha value is -3.79. The maximum atomic E-state index is 12.7. The van der Waals surface area contributed by atoms with Crippen molar-refractivity contribution in [3.8, 4) is 11.5 Å². The monoisotopic (exact) mass is 456 g/mol. The summed E-state index contributed by atoms with van der Waals surface area (Å²) in [4.78, 5) is 41.0. The minimum atomic E-state index is -1.10. The van der Waals surface area contributed by atoms with Gasteiger partial charge in [0.15, 0.2) is 22.8 Å². The molecular weight excluding hydrogens is 436 g/mol. The van der Waals surface area contributed by atoms with Crippen LogP contribution in [-0.4, -0.2) is 58.4 Å². The fourth-order valence-corrected chi connectivity index (χ4v) is 3.72. The Morgan fingerprint density at radius 1 is 1.16 bits per heavy atom. The summed E-state index contributed by atoms with van der Waals surface area (Å²) in [5.74, 6) is -1.82. The summed E-state index contributed by atoms with van der Waals surface area (Å²) < 4.78 is 10.7. The number of hydrogen-bond donors (Lipinski definition) is 2. The molecule has 1 aliphatic heterocycles. The first-order valence-corrected chi connectivity index (χ1v) is 10.2. The number of carboxylic acid groups (broad SMARTS) is 2. The van der Waals surface area contributed by atoms with Crippen LogP contribution in [0.15, 0.2) is 52.4 Å². The molecule has 0 bridgehead atoms. The van der Waals surface area contributed by atoms with Gasteiger partial charge in [0.2, 0.25) is 0 Å². The Kier molecular flexibility index (Phi) is 6.84. The molecular formula is C22H20N2O7S. The van der Waals surface area contributed by atoms with Crippen LogP contribution in [-0.2, 0) is 9.59 Å². The Morgan fingerprint density at radius 2 is 1.91 bits per heavy atom. The first-order valence-electron chi connectivity index (χ1n) is 9.36. The number of ether oxygens (including phenoxy) is 2. The van der Waals surface area contributed by atoms with E-state index < -0.39 is 18.0 Å². The molecule has 10 heteroatoms. The number of aromatic carboxylic acids is 1. The van der Waals surface area contributed by atoms with Crippen molar-refractivity contribution in [3.63, 3.8) is 0 Å². The minimum absolute atomic E-state index is 0.103. The molecule has 0 spiro atoms. The highest BCUT2D eigenvalue weighted by atomic mass is 32.2. The molecule has 166 valence electrons. The zero-order valence-corrected chi connectivity index (χ0v) is 18.3. The quantitative estimate of drug-likeness (QED) is 0.607. The molecule has 2 N–H and O–H groups in total. The number of amides is 1. The van der Waals surface area contributed by atoms with Crippen LogP contribution < -0.4 is 9.47 Å². The van der Waals surface area contributed by atoms with Gasteiger partial charge in [0.05, 0.1) is 23.3 Å². The summed E-state index contributed by atoms with van der Waals surface area (Å²) >= 11 is 1.15. The number of methoxy groups -OCH3 is 1. The van der Waals surface area contributed by atoms with Gasteiger partial charge in [-0.1, -0.05) is 12.1 Å². The average molecular weight is 456 g/mol. The Balaban J connectivity index is 1.86. The number of carboxylic acids is 2. The lowest BCUT2D eigenvalue weighted by molar-refractivity contribution is -0.144. The lowest BCUT2D eigenvalue weighted by Crippen LogP contribution is -2.23. The molecule has 1 amide bonds. The van der Waals surface area contributed by atoms with Gasteiger partial charge in [-0.15, -0.1) is 0 Å². The minimum Gasteiger partial charge on any atom is -0.493 e. The molecule has 0 saturated carbocycles. The van der Waals surface area contributed by atoms with Crippen LogP contribution in [0.1, 0.15) is 22.8 Å². The second kappa shape index (κ2) is 9.56. The summed E-state index contributed by atoms with van der Waals surface area (Å²) in [5.41, 5.74) is 1.17. The van der Waals surface area contributed by atoms with E-state index in [1.165, 1.54) is 31.1 Å². The van der Waals surface area contributed by atoms with Crippen molar-refractivity contribution < 1.29 is 34.1 Å². The van der Waals surface area contributed by atoms with E-state index in [-0.39, 0.29) is 17.2 Å². The van der Waals surface area contributed by atoms with Gasteiger partial charge in [-0.3, -0.25) is 9.69 Å². The number of aliphatic imine (C=N–C) groups is 1. The number of carbonyl (C=O) groups is 3. The molecule has 0 aliphatic carbocycles. The number of benzene rings is 2. The van der Waals surface area contributed by atoms with Crippen LogP contribution in [0.2, 0.25) is 0 Å². The molecule has 32 heavy (non-hydrogen) atoms. The average Bonchev–Trinajstić information content (AvgIpc) is 3.02. The first-order chi connectivity index (χ1) is 15.2. The number of amidine groups is 1. The second-order valence-electron chi connectivity index (χ2n) is 6.73. The lowest BCUT2D eigenvalue weighted by Gasteiger charge is -2.14. The number of nitrogens with zero attached hydrogens (tertiary/aromatic N) is 2. The van der Waals surface area contributed by atoms with Crippen LogP contribution in [0.3, 0.4) is 0 Å². The summed E-state index contributed by atoms with van der Waals surface area (Å²) in [7, 11) is 3.02. The lowest BCUT2D eigenvalue weighted by atomic mass is 10.2. The number of rotatable bonds is 7. The van der Waals surface area contributed by atoms with Gasteiger partial charge in [0.1, 0.15) is 0 Å². The van der Waals surface area contributed by atoms with Crippen molar-refractivity contribution in [1.29, 1.82) is 0 Å². The van der Waals surface area contributed by atoms with E-state index in [1.54, 1.807) is 43.5 Å². The summed E-state index contributed by atoms with van der Waals surface area (Å²) in [6, 6.07) is 11.0. The fourth-order valence-electron chi connectivity index (χ4n) is 2.73. The predicted molar refractivity (Wildman–Crippen MR) is 120 cm³/mol. The van der Waals surface area contributed by atoms with Gasteiger partial charge in [0, 0.05) is 7.05 Å². The highest BCUT2D eigenvalue weighted by Crippen LogP contribution is 2.35. The van der Waals surface area contributed by atoms with Crippen LogP contribution in [0.25, 0.3) is 6.08 Å². The predicted octanol–water partition coefficient (Wildman–Crippen LogP) is 3.48. The highest BCUT2D eigenvalue weighted by Gasteiger charge is 2.30. The van der Waals surface area contributed by atoms with Crippen LogP contribution in [0, 0.1) is 0 Å². The molecule has 1 aliphatic rings. The molecule has 2 aromatic rings. The third-order valence-electron chi connectivity index (χ3n) is 4.46. The highest BCUT2D eigenvalue weighted by molar-refractivity contribution is 8.18. The molecule has 0 aromatic heterocycles. The normalized spacial score (nSPS) is 17.0. The van der Waals surface area contributed by atoms with Gasteiger partial charge in [0.25, 0.3) is 5.91 Å². The van der Waals surface area contributed by atoms with Gasteiger partial charge in [-0.25, -0.2) is 14.6 Å². The fraction of sp³-hybridized carbons (Fsp3) is 0.182. The molecule has 2 aromatic carbocycles. The first kappa shape index (κ1) is 22.9. The summed E-state index contributed by atoms with van der Waals surface area (Å²) in [6.45, 7) is 1.41. The molecule has 1 fully saturated rings. The largest absolute Gasteiger partial charge is 0.493 e. The Bertz CT molecular complexity index is 1140. The molecule has 1 saturated heterocycles. The number of hydrogen-bond acceptors (Lipinski definition) is 7. The zero-order valence-electron chi connectivity index (χ0n) is 17.4. The van der Waals surface area contributed by atoms with Crippen molar-refractivity contribution in [2.24, 2.45) is 4.99 Å². The standard InChI is InChI=1S/C22H20N2O7S/c1-12(20(26)27)31-16-8-7-13(9-17(16)30-3)10-18-19(25)24(2)22(32-18)23-15-6-4-5-14(11-15)21(28)29/h4-12H,1-3H3,(H,26,27)(H,28,29)/b18-10-,23-22?/t12-/m0/s1. The van der Waals surface area contributed by atoms with E-state index in [1.807, 2.05) is 0 Å². The topological polar surface area (TPSA) is 126 Å². The van der Waals surface area contributed by atoms with Crippen molar-refractivity contribution in [2.45, 2.75) is 13.0 Å². The molecule has 0 unspecified atom stereocenters. The van der Waals surface area contributed by atoms with Crippen LogP contribution in [0.4, 0.5) is 5.69 Å². The smallest absolute Gasteiger partial charge is 0.344 e. The van der Waals surface area contributed by atoms with E-state index in [9.17, 15) is 14.4 Å². The van der Waals surface area contributed by atoms with E-state index in [2.05, 4.69) is 4.99 Å². The summed E-state index contributed by atoms with van der Waals surface area (Å²) in [5, 5.41) is 18.6. The van der Waals surface area contributed by atoms with Crippen molar-refractivity contribution in [2.75, 3.05) is 14.2 Å². The van der Waals surface area contributed by atoms with Gasteiger partial charge < -0.3 is 19.7 Å². The zero-order chi connectivity index (χ0) is 23.4. The van der Waals surface area contributed by atoms with E-state index >= 15 is 0 Å². The number of carbonyl (C=O) groups excluding carboxylic acids is 1. The number of likely N-dealkylation sites (N-methyl/N-ethyl adjacent to an activating group) is 1. The van der Waals surface area contributed by atoms with Gasteiger partial charge in [-0.2, -0.15) is 0 Å². The number of thioether (sulfide) groups is 1. The van der Waals surface area contributed by atoms with Crippen molar-refractivity contribution in [3.05, 3.63) is 58.5 Å². The summed E-state index contributed by atoms with van der Waals surface area (Å²) in [6.07, 6.45) is 0.610. The number of aliphatic carboxylic acids is 1. The van der Waals surface area contributed by atoms with E-state index in [0.29, 0.717) is 27.1 Å². The Labute approximate surface area is 188 Å².